The minimum absolute atomic E-state index is 0.0412. The summed E-state index contributed by atoms with van der Waals surface area (Å²) in [5.74, 6) is 0.375. The summed E-state index contributed by atoms with van der Waals surface area (Å²) in [6, 6.07) is 12.7. The van der Waals surface area contributed by atoms with Crippen molar-refractivity contribution in [2.45, 2.75) is 6.42 Å². The highest BCUT2D eigenvalue weighted by Gasteiger charge is 2.04. The Morgan fingerprint density at radius 1 is 1.25 bits per heavy atom. The summed E-state index contributed by atoms with van der Waals surface area (Å²) in [5.41, 5.74) is 1.21. The van der Waals surface area contributed by atoms with Crippen LogP contribution in [0.2, 0.25) is 0 Å². The molecule has 0 aliphatic rings. The van der Waals surface area contributed by atoms with Gasteiger partial charge in [0.25, 0.3) is 0 Å². The summed E-state index contributed by atoms with van der Waals surface area (Å²) >= 11 is 0. The Hall–Kier alpha value is -2.56. The highest BCUT2D eigenvalue weighted by molar-refractivity contribution is 5.85. The number of pyridine rings is 1. The summed E-state index contributed by atoms with van der Waals surface area (Å²) in [5, 5.41) is 12.0. The first kappa shape index (κ1) is 13.9. The van der Waals surface area contributed by atoms with Gasteiger partial charge in [0.15, 0.2) is 5.69 Å². The Morgan fingerprint density at radius 3 is 2.65 bits per heavy atom. The number of rotatable bonds is 6. The van der Waals surface area contributed by atoms with Crippen molar-refractivity contribution in [2.75, 3.05) is 19.0 Å². The Kier molecular flexibility index (Phi) is 4.55. The topological polar surface area (TPSA) is 71.5 Å². The maximum atomic E-state index is 10.8. The maximum Gasteiger partial charge on any atom is 0.354 e. The van der Waals surface area contributed by atoms with Crippen LogP contribution in [0.4, 0.5) is 5.82 Å². The van der Waals surface area contributed by atoms with Gasteiger partial charge in [0.1, 0.15) is 11.6 Å². The largest absolute Gasteiger partial charge is 0.497 e. The number of hydrogen-bond acceptors (Lipinski definition) is 4. The molecule has 0 aliphatic heterocycles. The fourth-order valence-electron chi connectivity index (χ4n) is 1.78. The summed E-state index contributed by atoms with van der Waals surface area (Å²) in [4.78, 5) is 14.8. The Labute approximate surface area is 117 Å². The number of anilines is 1. The van der Waals surface area contributed by atoms with Crippen LogP contribution in [-0.4, -0.2) is 29.7 Å². The molecule has 104 valence electrons. The van der Waals surface area contributed by atoms with Gasteiger partial charge in [-0.2, -0.15) is 0 Å². The lowest BCUT2D eigenvalue weighted by Crippen LogP contribution is -2.08. The maximum absolute atomic E-state index is 10.8. The van der Waals surface area contributed by atoms with E-state index in [1.165, 1.54) is 11.6 Å². The smallest absolute Gasteiger partial charge is 0.354 e. The molecule has 0 saturated heterocycles. The van der Waals surface area contributed by atoms with E-state index in [2.05, 4.69) is 10.3 Å². The number of aromatic carboxylic acids is 1. The van der Waals surface area contributed by atoms with Crippen molar-refractivity contribution in [3.8, 4) is 5.75 Å². The monoisotopic (exact) mass is 272 g/mol. The van der Waals surface area contributed by atoms with Gasteiger partial charge in [0.2, 0.25) is 0 Å². The molecule has 1 aromatic heterocycles. The van der Waals surface area contributed by atoms with Crippen LogP contribution in [-0.2, 0) is 6.42 Å². The number of carboxylic acid groups (broad SMARTS) is 1. The molecule has 20 heavy (non-hydrogen) atoms. The first-order chi connectivity index (χ1) is 9.69. The number of ether oxygens (including phenoxy) is 1. The van der Waals surface area contributed by atoms with Crippen LogP contribution < -0.4 is 10.1 Å². The van der Waals surface area contributed by atoms with E-state index in [-0.39, 0.29) is 5.69 Å². The fraction of sp³-hybridized carbons (Fsp3) is 0.200. The summed E-state index contributed by atoms with van der Waals surface area (Å²) < 4.78 is 5.10. The molecule has 2 rings (SSSR count). The number of carboxylic acids is 1. The molecule has 0 bridgehead atoms. The van der Waals surface area contributed by atoms with Gasteiger partial charge in [-0.3, -0.25) is 0 Å². The third kappa shape index (κ3) is 3.71. The van der Waals surface area contributed by atoms with Crippen molar-refractivity contribution in [1.82, 2.24) is 4.98 Å². The highest BCUT2D eigenvalue weighted by atomic mass is 16.5. The summed E-state index contributed by atoms with van der Waals surface area (Å²) in [6.07, 6.45) is 0.822. The van der Waals surface area contributed by atoms with Gasteiger partial charge in [-0.15, -0.1) is 0 Å². The molecule has 5 heteroatoms. The lowest BCUT2D eigenvalue weighted by Gasteiger charge is -2.07. The van der Waals surface area contributed by atoms with E-state index in [1.807, 2.05) is 24.3 Å². The number of aromatic nitrogens is 1. The molecule has 1 aromatic carbocycles. The average Bonchev–Trinajstić information content (AvgIpc) is 2.48. The second-order valence-corrected chi connectivity index (χ2v) is 4.24. The lowest BCUT2D eigenvalue weighted by molar-refractivity contribution is 0.0690. The van der Waals surface area contributed by atoms with Crippen LogP contribution >= 0.6 is 0 Å². The molecule has 0 unspecified atom stereocenters. The van der Waals surface area contributed by atoms with Gasteiger partial charge in [-0.25, -0.2) is 9.78 Å². The van der Waals surface area contributed by atoms with Crippen LogP contribution in [0.3, 0.4) is 0 Å². The van der Waals surface area contributed by atoms with E-state index in [1.54, 1.807) is 19.2 Å². The third-order valence-corrected chi connectivity index (χ3v) is 2.85. The summed E-state index contributed by atoms with van der Waals surface area (Å²) in [6.45, 7) is 0.683. The molecule has 2 aromatic rings. The summed E-state index contributed by atoms with van der Waals surface area (Å²) in [7, 11) is 1.64. The van der Waals surface area contributed by atoms with E-state index >= 15 is 0 Å². The second kappa shape index (κ2) is 6.56. The van der Waals surface area contributed by atoms with Gasteiger partial charge in [-0.1, -0.05) is 18.2 Å². The third-order valence-electron chi connectivity index (χ3n) is 2.85. The first-order valence-corrected chi connectivity index (χ1v) is 6.26. The molecule has 2 N–H and O–H groups in total. The van der Waals surface area contributed by atoms with Crippen LogP contribution in [0, 0.1) is 0 Å². The molecule has 0 atom stereocenters. The molecule has 0 spiro atoms. The molecular formula is C15H16N2O3. The molecule has 0 radical (unpaired) electrons. The molecule has 0 amide bonds. The van der Waals surface area contributed by atoms with Gasteiger partial charge >= 0.3 is 5.97 Å². The quantitative estimate of drug-likeness (QED) is 0.845. The van der Waals surface area contributed by atoms with Crippen molar-refractivity contribution in [1.29, 1.82) is 0 Å². The molecule has 0 fully saturated rings. The lowest BCUT2D eigenvalue weighted by atomic mass is 10.1. The van der Waals surface area contributed by atoms with Gasteiger partial charge in [0, 0.05) is 6.54 Å². The predicted octanol–water partition coefficient (Wildman–Crippen LogP) is 2.44. The van der Waals surface area contributed by atoms with E-state index < -0.39 is 5.97 Å². The Bertz CT molecular complexity index is 582. The fourth-order valence-corrected chi connectivity index (χ4v) is 1.78. The number of methoxy groups -OCH3 is 1. The van der Waals surface area contributed by atoms with Crippen LogP contribution in [0.5, 0.6) is 5.75 Å². The zero-order valence-electron chi connectivity index (χ0n) is 11.2. The SMILES string of the molecule is COc1ccc(CCNc2cccc(C(=O)O)n2)cc1. The predicted molar refractivity (Wildman–Crippen MR) is 76.4 cm³/mol. The van der Waals surface area contributed by atoms with Gasteiger partial charge in [-0.05, 0) is 36.2 Å². The van der Waals surface area contributed by atoms with E-state index in [0.717, 1.165) is 12.2 Å². The van der Waals surface area contributed by atoms with E-state index in [4.69, 9.17) is 9.84 Å². The minimum Gasteiger partial charge on any atom is -0.497 e. The second-order valence-electron chi connectivity index (χ2n) is 4.24. The van der Waals surface area contributed by atoms with Crippen molar-refractivity contribution in [2.24, 2.45) is 0 Å². The highest BCUT2D eigenvalue weighted by Crippen LogP contribution is 2.12. The molecule has 0 saturated carbocycles. The number of benzene rings is 1. The van der Waals surface area contributed by atoms with Crippen molar-refractivity contribution in [3.63, 3.8) is 0 Å². The molecule has 5 nitrogen and oxygen atoms in total. The number of nitrogens with one attached hydrogen (secondary N) is 1. The zero-order valence-corrected chi connectivity index (χ0v) is 11.2. The van der Waals surface area contributed by atoms with E-state index in [9.17, 15) is 4.79 Å². The van der Waals surface area contributed by atoms with Crippen molar-refractivity contribution in [3.05, 3.63) is 53.7 Å². The van der Waals surface area contributed by atoms with Gasteiger partial charge in [0.05, 0.1) is 7.11 Å². The van der Waals surface area contributed by atoms with Crippen LogP contribution in [0.1, 0.15) is 16.1 Å². The van der Waals surface area contributed by atoms with E-state index in [0.29, 0.717) is 12.4 Å². The standard InChI is InChI=1S/C15H16N2O3/c1-20-12-7-5-11(6-8-12)9-10-16-14-4-2-3-13(17-14)15(18)19/h2-8H,9-10H2,1H3,(H,16,17)(H,18,19). The number of hydrogen-bond donors (Lipinski definition) is 2. The first-order valence-electron chi connectivity index (χ1n) is 6.26. The zero-order chi connectivity index (χ0) is 14.4. The normalized spacial score (nSPS) is 10.1. The van der Waals surface area contributed by atoms with Crippen molar-refractivity contribution < 1.29 is 14.6 Å². The molecule has 0 aliphatic carbocycles. The minimum atomic E-state index is -1.02. The van der Waals surface area contributed by atoms with Gasteiger partial charge < -0.3 is 15.2 Å². The van der Waals surface area contributed by atoms with Crippen LogP contribution in [0.15, 0.2) is 42.5 Å². The Morgan fingerprint density at radius 2 is 2.00 bits per heavy atom. The van der Waals surface area contributed by atoms with Crippen LogP contribution in [0.25, 0.3) is 0 Å². The molecular weight excluding hydrogens is 256 g/mol. The van der Waals surface area contributed by atoms with Crippen molar-refractivity contribution >= 4 is 11.8 Å². The number of nitrogens with zero attached hydrogens (tertiary/aromatic N) is 1. The number of carbonyl (C=O) groups is 1. The Balaban J connectivity index is 1.88. The average molecular weight is 272 g/mol. The molecule has 1 heterocycles.